The second-order valence-corrected chi connectivity index (χ2v) is 6.46. The Kier molecular flexibility index (Phi) is 2.65. The van der Waals surface area contributed by atoms with Gasteiger partial charge in [0.15, 0.2) is 0 Å². The van der Waals surface area contributed by atoms with Crippen molar-refractivity contribution in [1.29, 1.82) is 0 Å². The van der Waals surface area contributed by atoms with Crippen molar-refractivity contribution in [2.45, 2.75) is 31.5 Å². The molecule has 0 spiro atoms. The van der Waals surface area contributed by atoms with E-state index < -0.39 is 0 Å². The summed E-state index contributed by atoms with van der Waals surface area (Å²) in [5.74, 6) is 0. The van der Waals surface area contributed by atoms with Gasteiger partial charge in [0.25, 0.3) is 0 Å². The summed E-state index contributed by atoms with van der Waals surface area (Å²) in [5, 5.41) is 5.40. The molecule has 2 bridgehead atoms. The fourth-order valence-corrected chi connectivity index (χ4v) is 4.06. The molecule has 1 heteroatoms. The van der Waals surface area contributed by atoms with Crippen LogP contribution in [0.4, 0.5) is 0 Å². The van der Waals surface area contributed by atoms with Crippen LogP contribution in [0, 0.1) is 0 Å². The van der Waals surface area contributed by atoms with Crippen LogP contribution >= 0.6 is 0 Å². The number of ether oxygens (including phenoxy) is 1. The molecule has 2 heterocycles. The zero-order valence-corrected chi connectivity index (χ0v) is 12.5. The van der Waals surface area contributed by atoms with Crippen LogP contribution in [-0.4, -0.2) is 12.2 Å². The first-order chi connectivity index (χ1) is 10.9. The minimum absolute atomic E-state index is 0.332. The minimum atomic E-state index is 0.332. The van der Waals surface area contributed by atoms with Gasteiger partial charge in [0, 0.05) is 0 Å². The lowest BCUT2D eigenvalue weighted by molar-refractivity contribution is 0.0672. The summed E-state index contributed by atoms with van der Waals surface area (Å²) in [6.07, 6.45) is 6.56. The molecule has 0 aliphatic carbocycles. The molecule has 108 valence electrons. The summed E-state index contributed by atoms with van der Waals surface area (Å²) in [6.45, 7) is 0. The molecular weight excluding hydrogens is 268 g/mol. The van der Waals surface area contributed by atoms with E-state index >= 15 is 0 Å². The highest BCUT2D eigenvalue weighted by atomic mass is 16.5. The quantitative estimate of drug-likeness (QED) is 0.549. The van der Waals surface area contributed by atoms with Crippen LogP contribution in [0.3, 0.4) is 0 Å². The Morgan fingerprint density at radius 2 is 1.59 bits per heavy atom. The molecule has 2 aliphatic rings. The summed E-state index contributed by atoms with van der Waals surface area (Å²) in [7, 11) is 0. The fourth-order valence-electron chi connectivity index (χ4n) is 4.06. The monoisotopic (exact) mass is 286 g/mol. The second-order valence-electron chi connectivity index (χ2n) is 6.46. The average molecular weight is 286 g/mol. The van der Waals surface area contributed by atoms with Crippen LogP contribution in [0.1, 0.15) is 24.8 Å². The molecule has 5 rings (SSSR count). The van der Waals surface area contributed by atoms with Crippen LogP contribution in [0.15, 0.2) is 60.7 Å². The van der Waals surface area contributed by atoms with E-state index in [-0.39, 0.29) is 0 Å². The number of rotatable bonds is 1. The van der Waals surface area contributed by atoms with E-state index in [0.717, 1.165) is 6.42 Å². The smallest absolute Gasteiger partial charge is 0.0766 e. The molecule has 3 aromatic rings. The fraction of sp³-hybridized carbons (Fsp3) is 0.238. The highest BCUT2D eigenvalue weighted by Crippen LogP contribution is 2.40. The SMILES string of the molecule is C1=C(c2cc3ccccc3c3ccccc23)CC2CCC1O2. The van der Waals surface area contributed by atoms with Gasteiger partial charge in [-0.15, -0.1) is 0 Å². The molecule has 0 radical (unpaired) electrons. The summed E-state index contributed by atoms with van der Waals surface area (Å²) in [4.78, 5) is 0. The molecular formula is C21H18O. The Morgan fingerprint density at radius 1 is 0.818 bits per heavy atom. The Hall–Kier alpha value is -2.12. The van der Waals surface area contributed by atoms with Gasteiger partial charge in [-0.1, -0.05) is 54.6 Å². The van der Waals surface area contributed by atoms with Gasteiger partial charge in [-0.3, -0.25) is 0 Å². The van der Waals surface area contributed by atoms with Crippen LogP contribution in [0.2, 0.25) is 0 Å². The normalized spacial score (nSPS) is 23.9. The first kappa shape index (κ1) is 12.4. The molecule has 1 nitrogen and oxygen atoms in total. The van der Waals surface area contributed by atoms with Gasteiger partial charge in [-0.2, -0.15) is 0 Å². The molecule has 2 aliphatic heterocycles. The summed E-state index contributed by atoms with van der Waals surface area (Å²) in [5.41, 5.74) is 2.87. The number of benzene rings is 3. The first-order valence-corrected chi connectivity index (χ1v) is 8.15. The molecule has 2 unspecified atom stereocenters. The van der Waals surface area contributed by atoms with Crippen LogP contribution in [-0.2, 0) is 4.74 Å². The number of fused-ring (bicyclic) bond motifs is 5. The van der Waals surface area contributed by atoms with Gasteiger partial charge in [0.05, 0.1) is 12.2 Å². The minimum Gasteiger partial charge on any atom is -0.371 e. The van der Waals surface area contributed by atoms with E-state index in [9.17, 15) is 0 Å². The molecule has 3 aromatic carbocycles. The van der Waals surface area contributed by atoms with Crippen molar-refractivity contribution in [2.75, 3.05) is 0 Å². The van der Waals surface area contributed by atoms with E-state index in [1.165, 1.54) is 45.5 Å². The Balaban J connectivity index is 1.82. The third-order valence-corrected chi connectivity index (χ3v) is 5.09. The molecule has 2 atom stereocenters. The van der Waals surface area contributed by atoms with E-state index in [1.807, 2.05) is 0 Å². The van der Waals surface area contributed by atoms with Crippen molar-refractivity contribution in [1.82, 2.24) is 0 Å². The van der Waals surface area contributed by atoms with Crippen molar-refractivity contribution in [3.8, 4) is 0 Å². The van der Waals surface area contributed by atoms with E-state index in [2.05, 4.69) is 60.7 Å². The summed E-state index contributed by atoms with van der Waals surface area (Å²) < 4.78 is 5.97. The maximum Gasteiger partial charge on any atom is 0.0766 e. The lowest BCUT2D eigenvalue weighted by Gasteiger charge is -2.22. The Bertz CT molecular complexity index is 906. The van der Waals surface area contributed by atoms with Crippen molar-refractivity contribution in [3.63, 3.8) is 0 Å². The van der Waals surface area contributed by atoms with E-state index in [0.29, 0.717) is 12.2 Å². The van der Waals surface area contributed by atoms with Crippen molar-refractivity contribution in [3.05, 3.63) is 66.2 Å². The molecule has 0 amide bonds. The Labute approximate surface area is 130 Å². The maximum atomic E-state index is 5.97. The lowest BCUT2D eigenvalue weighted by Crippen LogP contribution is -2.15. The molecule has 1 saturated heterocycles. The van der Waals surface area contributed by atoms with Gasteiger partial charge in [0.2, 0.25) is 0 Å². The Morgan fingerprint density at radius 3 is 2.45 bits per heavy atom. The molecule has 0 aromatic heterocycles. The lowest BCUT2D eigenvalue weighted by atomic mass is 9.90. The summed E-state index contributed by atoms with van der Waals surface area (Å²) >= 11 is 0. The van der Waals surface area contributed by atoms with Gasteiger partial charge >= 0.3 is 0 Å². The van der Waals surface area contributed by atoms with Gasteiger partial charge in [0.1, 0.15) is 0 Å². The highest BCUT2D eigenvalue weighted by molar-refractivity contribution is 6.11. The van der Waals surface area contributed by atoms with Crippen molar-refractivity contribution >= 4 is 27.1 Å². The largest absolute Gasteiger partial charge is 0.371 e. The zero-order valence-electron chi connectivity index (χ0n) is 12.5. The van der Waals surface area contributed by atoms with E-state index in [1.54, 1.807) is 0 Å². The van der Waals surface area contributed by atoms with Crippen LogP contribution in [0.25, 0.3) is 27.1 Å². The molecule has 1 fully saturated rings. The van der Waals surface area contributed by atoms with Crippen molar-refractivity contribution in [2.24, 2.45) is 0 Å². The third-order valence-electron chi connectivity index (χ3n) is 5.09. The van der Waals surface area contributed by atoms with Crippen molar-refractivity contribution < 1.29 is 4.74 Å². The molecule has 0 saturated carbocycles. The molecule has 0 N–H and O–H groups in total. The standard InChI is InChI=1S/C21H18O/c1-2-6-18-14(5-1)13-21(20-8-4-3-7-19(18)20)15-11-16-9-10-17(12-15)22-16/h1-8,11,13,16-17H,9-10,12H2. The van der Waals surface area contributed by atoms with Gasteiger partial charge in [-0.25, -0.2) is 0 Å². The molecule has 22 heavy (non-hydrogen) atoms. The van der Waals surface area contributed by atoms with E-state index in [4.69, 9.17) is 4.74 Å². The third kappa shape index (κ3) is 1.82. The number of hydrogen-bond donors (Lipinski definition) is 0. The van der Waals surface area contributed by atoms with Crippen LogP contribution in [0.5, 0.6) is 0 Å². The topological polar surface area (TPSA) is 9.23 Å². The number of hydrogen-bond acceptors (Lipinski definition) is 1. The van der Waals surface area contributed by atoms with Gasteiger partial charge < -0.3 is 4.74 Å². The predicted octanol–water partition coefficient (Wildman–Crippen LogP) is 5.33. The summed E-state index contributed by atoms with van der Waals surface area (Å²) in [6, 6.07) is 19.9. The second kappa shape index (κ2) is 4.69. The maximum absolute atomic E-state index is 5.97. The van der Waals surface area contributed by atoms with Crippen LogP contribution < -0.4 is 0 Å². The van der Waals surface area contributed by atoms with Gasteiger partial charge in [-0.05, 0) is 58.0 Å². The zero-order chi connectivity index (χ0) is 14.5. The predicted molar refractivity (Wildman–Crippen MR) is 91.9 cm³/mol. The average Bonchev–Trinajstić information content (AvgIpc) is 2.92. The first-order valence-electron chi connectivity index (χ1n) is 8.15. The highest BCUT2D eigenvalue weighted by Gasteiger charge is 2.30.